The maximum atomic E-state index is 12.2. The molecule has 0 saturated carbocycles. The Labute approximate surface area is 132 Å². The molecule has 0 saturated heterocycles. The summed E-state index contributed by atoms with van der Waals surface area (Å²) in [7, 11) is -2.69. The lowest BCUT2D eigenvalue weighted by atomic mass is 10.1. The Hall–Kier alpha value is -1.82. The van der Waals surface area contributed by atoms with E-state index in [-0.39, 0.29) is 16.2 Å². The molecule has 0 aliphatic rings. The van der Waals surface area contributed by atoms with Gasteiger partial charge in [0.25, 0.3) is 0 Å². The number of carbonyl (C=O) groups is 1. The second-order valence-corrected chi connectivity index (χ2v) is 6.53. The smallest absolute Gasteiger partial charge is 0.338 e. The molecule has 22 heavy (non-hydrogen) atoms. The Bertz CT molecular complexity index is 642. The third-order valence-corrected chi connectivity index (χ3v) is 4.50. The summed E-state index contributed by atoms with van der Waals surface area (Å²) in [5.74, 6) is -0.508. The van der Waals surface area contributed by atoms with Crippen LogP contribution in [0.1, 0.15) is 38.7 Å². The van der Waals surface area contributed by atoms with Gasteiger partial charge in [-0.3, -0.25) is 0 Å². The summed E-state index contributed by atoms with van der Waals surface area (Å²) in [5, 5.41) is 0. The Morgan fingerprint density at radius 2 is 1.77 bits per heavy atom. The van der Waals surface area contributed by atoms with Gasteiger partial charge in [0.05, 0.1) is 12.7 Å². The van der Waals surface area contributed by atoms with Crippen LogP contribution in [0.5, 0.6) is 0 Å². The number of carbonyl (C=O) groups excluding carboxylic acids is 1. The van der Waals surface area contributed by atoms with Gasteiger partial charge in [0.15, 0.2) is 0 Å². The molecular formula is C16H22O5S. The Kier molecular flexibility index (Phi) is 6.61. The van der Waals surface area contributed by atoms with Gasteiger partial charge >= 0.3 is 16.1 Å². The lowest BCUT2D eigenvalue weighted by Crippen LogP contribution is -2.12. The molecule has 0 bridgehead atoms. The lowest BCUT2D eigenvalue weighted by molar-refractivity contribution is -0.136. The SMILES string of the molecule is CCCC/C(C(=O)OC)=C(\C)OS(=O)(=O)c1ccc(C)cc1. The second-order valence-electron chi connectivity index (χ2n) is 4.98. The maximum absolute atomic E-state index is 12.2. The molecule has 0 radical (unpaired) electrons. The number of allylic oxidation sites excluding steroid dienone is 1. The third-order valence-electron chi connectivity index (χ3n) is 3.18. The first kappa shape index (κ1) is 18.2. The summed E-state index contributed by atoms with van der Waals surface area (Å²) in [4.78, 5) is 11.8. The van der Waals surface area contributed by atoms with Crippen molar-refractivity contribution in [2.45, 2.75) is 44.9 Å². The molecule has 0 heterocycles. The van der Waals surface area contributed by atoms with Crippen LogP contribution in [0, 0.1) is 6.92 Å². The molecule has 0 spiro atoms. The maximum Gasteiger partial charge on any atom is 0.338 e. The van der Waals surface area contributed by atoms with Crippen LogP contribution < -0.4 is 0 Å². The van der Waals surface area contributed by atoms with Gasteiger partial charge in [-0.2, -0.15) is 8.42 Å². The molecule has 0 amide bonds. The molecular weight excluding hydrogens is 304 g/mol. The molecule has 5 nitrogen and oxygen atoms in total. The summed E-state index contributed by atoms with van der Waals surface area (Å²) in [6.07, 6.45) is 2.03. The number of hydrogen-bond acceptors (Lipinski definition) is 5. The molecule has 122 valence electrons. The van der Waals surface area contributed by atoms with E-state index in [0.717, 1.165) is 18.4 Å². The van der Waals surface area contributed by atoms with Crippen LogP contribution in [0.15, 0.2) is 40.5 Å². The average molecular weight is 326 g/mol. The molecule has 0 aliphatic heterocycles. The zero-order valence-corrected chi connectivity index (χ0v) is 14.2. The van der Waals surface area contributed by atoms with Crippen molar-refractivity contribution in [3.63, 3.8) is 0 Å². The fraction of sp³-hybridized carbons (Fsp3) is 0.438. The highest BCUT2D eigenvalue weighted by molar-refractivity contribution is 7.86. The first-order chi connectivity index (χ1) is 10.3. The molecule has 0 N–H and O–H groups in total. The minimum Gasteiger partial charge on any atom is -0.466 e. The highest BCUT2D eigenvalue weighted by Crippen LogP contribution is 2.21. The van der Waals surface area contributed by atoms with Gasteiger partial charge < -0.3 is 8.92 Å². The number of aryl methyl sites for hydroxylation is 1. The van der Waals surface area contributed by atoms with Crippen LogP contribution in [0.4, 0.5) is 0 Å². The minimum absolute atomic E-state index is 0.0529. The topological polar surface area (TPSA) is 69.7 Å². The number of ether oxygens (including phenoxy) is 1. The quantitative estimate of drug-likeness (QED) is 0.333. The van der Waals surface area contributed by atoms with Crippen LogP contribution in [0.3, 0.4) is 0 Å². The molecule has 0 unspecified atom stereocenters. The molecule has 0 atom stereocenters. The molecule has 1 rings (SSSR count). The predicted octanol–water partition coefficient (Wildman–Crippen LogP) is 3.34. The zero-order chi connectivity index (χ0) is 16.8. The van der Waals surface area contributed by atoms with E-state index in [2.05, 4.69) is 0 Å². The first-order valence-corrected chi connectivity index (χ1v) is 8.52. The van der Waals surface area contributed by atoms with E-state index in [9.17, 15) is 13.2 Å². The fourth-order valence-electron chi connectivity index (χ4n) is 1.87. The second kappa shape index (κ2) is 7.98. The highest BCUT2D eigenvalue weighted by Gasteiger charge is 2.21. The van der Waals surface area contributed by atoms with E-state index in [1.54, 1.807) is 12.1 Å². The number of unbranched alkanes of at least 4 members (excludes halogenated alkanes) is 1. The lowest BCUT2D eigenvalue weighted by Gasteiger charge is -2.12. The molecule has 0 aromatic heterocycles. The summed E-state index contributed by atoms with van der Waals surface area (Å²) in [5.41, 5.74) is 1.20. The average Bonchev–Trinajstić information content (AvgIpc) is 2.47. The summed E-state index contributed by atoms with van der Waals surface area (Å²) >= 11 is 0. The van der Waals surface area contributed by atoms with E-state index in [1.165, 1.54) is 26.2 Å². The monoisotopic (exact) mass is 326 g/mol. The van der Waals surface area contributed by atoms with Crippen LogP contribution >= 0.6 is 0 Å². The minimum atomic E-state index is -3.95. The van der Waals surface area contributed by atoms with Gasteiger partial charge in [0.2, 0.25) is 0 Å². The van der Waals surface area contributed by atoms with Gasteiger partial charge in [-0.25, -0.2) is 4.79 Å². The van der Waals surface area contributed by atoms with Crippen molar-refractivity contribution >= 4 is 16.1 Å². The molecule has 1 aromatic carbocycles. The first-order valence-electron chi connectivity index (χ1n) is 7.11. The zero-order valence-electron chi connectivity index (χ0n) is 13.4. The van der Waals surface area contributed by atoms with Crippen LogP contribution in [0.25, 0.3) is 0 Å². The predicted molar refractivity (Wildman–Crippen MR) is 83.7 cm³/mol. The summed E-state index contributed by atoms with van der Waals surface area (Å²) in [6, 6.07) is 6.32. The third kappa shape index (κ3) is 4.87. The van der Waals surface area contributed by atoms with Crippen molar-refractivity contribution < 1.29 is 22.1 Å². The standard InChI is InChI=1S/C16H22O5S/c1-5-6-7-15(16(17)20-4)13(3)21-22(18,19)14-10-8-12(2)9-11-14/h8-11H,5-7H2,1-4H3/b15-13-. The van der Waals surface area contributed by atoms with E-state index < -0.39 is 16.1 Å². The summed E-state index contributed by atoms with van der Waals surface area (Å²) in [6.45, 7) is 5.31. The van der Waals surface area contributed by atoms with Gasteiger partial charge in [0, 0.05) is 0 Å². The molecule has 0 fully saturated rings. The number of esters is 1. The number of benzene rings is 1. The van der Waals surface area contributed by atoms with Crippen molar-refractivity contribution in [1.29, 1.82) is 0 Å². The van der Waals surface area contributed by atoms with Crippen LogP contribution in [0.2, 0.25) is 0 Å². The Morgan fingerprint density at radius 3 is 2.27 bits per heavy atom. The number of methoxy groups -OCH3 is 1. The Balaban J connectivity index is 3.08. The Morgan fingerprint density at radius 1 is 1.18 bits per heavy atom. The van der Waals surface area contributed by atoms with Gasteiger partial charge in [-0.1, -0.05) is 31.0 Å². The van der Waals surface area contributed by atoms with E-state index >= 15 is 0 Å². The van der Waals surface area contributed by atoms with Crippen LogP contribution in [-0.4, -0.2) is 21.5 Å². The van der Waals surface area contributed by atoms with E-state index in [4.69, 9.17) is 8.92 Å². The largest absolute Gasteiger partial charge is 0.466 e. The highest BCUT2D eigenvalue weighted by atomic mass is 32.2. The van der Waals surface area contributed by atoms with Gasteiger partial charge in [-0.15, -0.1) is 0 Å². The van der Waals surface area contributed by atoms with Crippen molar-refractivity contribution in [2.24, 2.45) is 0 Å². The van der Waals surface area contributed by atoms with Crippen molar-refractivity contribution in [2.75, 3.05) is 7.11 Å². The molecule has 1 aromatic rings. The molecule has 0 aliphatic carbocycles. The normalized spacial score (nSPS) is 12.5. The van der Waals surface area contributed by atoms with Crippen molar-refractivity contribution in [3.8, 4) is 0 Å². The number of hydrogen-bond donors (Lipinski definition) is 0. The number of rotatable bonds is 7. The van der Waals surface area contributed by atoms with E-state index in [1.807, 2.05) is 13.8 Å². The fourth-order valence-corrected chi connectivity index (χ4v) is 2.86. The van der Waals surface area contributed by atoms with Crippen molar-refractivity contribution in [1.82, 2.24) is 0 Å². The van der Waals surface area contributed by atoms with Gasteiger partial charge in [-0.05, 0) is 38.8 Å². The van der Waals surface area contributed by atoms with Crippen LogP contribution in [-0.2, 0) is 23.8 Å². The van der Waals surface area contributed by atoms with E-state index in [0.29, 0.717) is 6.42 Å². The summed E-state index contributed by atoms with van der Waals surface area (Å²) < 4.78 is 34.3. The van der Waals surface area contributed by atoms with Gasteiger partial charge in [0.1, 0.15) is 10.7 Å². The molecule has 6 heteroatoms. The van der Waals surface area contributed by atoms with Crippen molar-refractivity contribution in [3.05, 3.63) is 41.2 Å².